The zero-order valence-corrected chi connectivity index (χ0v) is 7.99. The van der Waals surface area contributed by atoms with Gasteiger partial charge >= 0.3 is 6.09 Å². The van der Waals surface area contributed by atoms with E-state index in [9.17, 15) is 4.79 Å². The molecular formula is C8H17N3O2. The Morgan fingerprint density at radius 3 is 2.54 bits per heavy atom. The van der Waals surface area contributed by atoms with E-state index in [0.717, 1.165) is 32.7 Å². The molecule has 1 fully saturated rings. The zero-order chi connectivity index (χ0) is 9.68. The van der Waals surface area contributed by atoms with Crippen LogP contribution in [0.4, 0.5) is 4.79 Å². The number of hydrogen-bond donors (Lipinski definition) is 2. The van der Waals surface area contributed by atoms with Gasteiger partial charge in [0.05, 0.1) is 0 Å². The lowest BCUT2D eigenvalue weighted by Gasteiger charge is -2.32. The number of hydrogen-bond acceptors (Lipinski definition) is 3. The molecule has 0 atom stereocenters. The number of carbonyl (C=O) groups is 1. The van der Waals surface area contributed by atoms with E-state index in [2.05, 4.69) is 22.2 Å². The molecule has 1 rings (SSSR count). The summed E-state index contributed by atoms with van der Waals surface area (Å²) < 4.78 is 0. The molecule has 0 saturated carbocycles. The van der Waals surface area contributed by atoms with Gasteiger partial charge in [-0.2, -0.15) is 0 Å². The van der Waals surface area contributed by atoms with Crippen molar-refractivity contribution in [2.75, 3.05) is 46.3 Å². The van der Waals surface area contributed by atoms with Crippen molar-refractivity contribution in [2.24, 2.45) is 0 Å². The van der Waals surface area contributed by atoms with Crippen LogP contribution in [-0.4, -0.2) is 67.3 Å². The molecule has 5 heteroatoms. The summed E-state index contributed by atoms with van der Waals surface area (Å²) in [5, 5.41) is 10.7. The van der Waals surface area contributed by atoms with Crippen LogP contribution in [0.2, 0.25) is 0 Å². The predicted molar refractivity (Wildman–Crippen MR) is 50.0 cm³/mol. The first kappa shape index (κ1) is 10.3. The van der Waals surface area contributed by atoms with Crippen LogP contribution in [0.3, 0.4) is 0 Å². The number of amides is 1. The largest absolute Gasteiger partial charge is 0.465 e. The van der Waals surface area contributed by atoms with E-state index >= 15 is 0 Å². The number of nitrogens with one attached hydrogen (secondary N) is 1. The van der Waals surface area contributed by atoms with Gasteiger partial charge in [-0.3, -0.25) is 4.90 Å². The highest BCUT2D eigenvalue weighted by atomic mass is 16.4. The fourth-order valence-electron chi connectivity index (χ4n) is 1.39. The van der Waals surface area contributed by atoms with Gasteiger partial charge in [-0.05, 0) is 7.05 Å². The van der Waals surface area contributed by atoms with Crippen molar-refractivity contribution >= 4 is 6.09 Å². The lowest BCUT2D eigenvalue weighted by molar-refractivity contribution is 0.152. The molecule has 5 nitrogen and oxygen atoms in total. The third-order valence-electron chi connectivity index (χ3n) is 2.30. The molecule has 1 aliphatic rings. The van der Waals surface area contributed by atoms with E-state index in [1.165, 1.54) is 0 Å². The molecule has 0 radical (unpaired) electrons. The van der Waals surface area contributed by atoms with Crippen molar-refractivity contribution in [3.05, 3.63) is 0 Å². The van der Waals surface area contributed by atoms with Gasteiger partial charge in [0.1, 0.15) is 0 Å². The average Bonchev–Trinajstić information content (AvgIpc) is 2.08. The van der Waals surface area contributed by atoms with Crippen LogP contribution in [0.5, 0.6) is 0 Å². The van der Waals surface area contributed by atoms with Crippen molar-refractivity contribution in [1.29, 1.82) is 0 Å². The number of likely N-dealkylation sites (N-methyl/N-ethyl adjacent to an activating group) is 1. The van der Waals surface area contributed by atoms with E-state index in [-0.39, 0.29) is 0 Å². The van der Waals surface area contributed by atoms with E-state index in [0.29, 0.717) is 6.54 Å². The molecule has 0 aliphatic carbocycles. The molecule has 1 aliphatic heterocycles. The summed E-state index contributed by atoms with van der Waals surface area (Å²) in [5.74, 6) is 0. The first-order valence-electron chi connectivity index (χ1n) is 4.56. The highest BCUT2D eigenvalue weighted by Crippen LogP contribution is 1.97. The summed E-state index contributed by atoms with van der Waals surface area (Å²) in [5.41, 5.74) is 0. The number of rotatable bonds is 3. The fraction of sp³-hybridized carbons (Fsp3) is 0.875. The maximum Gasteiger partial charge on any atom is 0.404 e. The van der Waals surface area contributed by atoms with Crippen LogP contribution in [0, 0.1) is 0 Å². The standard InChI is InChI=1S/C8H17N3O2/c1-10-4-6-11(7-5-10)3-2-9-8(12)13/h9H,2-7H2,1H3,(H,12,13). The second-order valence-electron chi connectivity index (χ2n) is 3.38. The Bertz CT molecular complexity index is 167. The molecule has 0 unspecified atom stereocenters. The highest BCUT2D eigenvalue weighted by molar-refractivity contribution is 5.64. The molecule has 0 aromatic heterocycles. The summed E-state index contributed by atoms with van der Waals surface area (Å²) >= 11 is 0. The Labute approximate surface area is 78.3 Å². The molecule has 0 bridgehead atoms. The van der Waals surface area contributed by atoms with Crippen LogP contribution < -0.4 is 5.32 Å². The van der Waals surface area contributed by atoms with Gasteiger partial charge in [-0.25, -0.2) is 4.79 Å². The number of nitrogens with zero attached hydrogens (tertiary/aromatic N) is 2. The lowest BCUT2D eigenvalue weighted by Crippen LogP contribution is -2.46. The second kappa shape index (κ2) is 5.04. The van der Waals surface area contributed by atoms with Crippen LogP contribution >= 0.6 is 0 Å². The van der Waals surface area contributed by atoms with E-state index in [1.807, 2.05) is 0 Å². The van der Waals surface area contributed by atoms with Crippen molar-refractivity contribution < 1.29 is 9.90 Å². The summed E-state index contributed by atoms with van der Waals surface area (Å²) in [6.45, 7) is 5.58. The minimum atomic E-state index is -0.936. The molecule has 0 aromatic rings. The SMILES string of the molecule is CN1CCN(CCNC(=O)O)CC1. The quantitative estimate of drug-likeness (QED) is 0.625. The molecule has 76 valence electrons. The van der Waals surface area contributed by atoms with Gasteiger partial charge in [-0.1, -0.05) is 0 Å². The Kier molecular flexibility index (Phi) is 3.98. The molecule has 1 amide bonds. The Hall–Kier alpha value is -0.810. The zero-order valence-electron chi connectivity index (χ0n) is 7.99. The Morgan fingerprint density at radius 1 is 1.38 bits per heavy atom. The smallest absolute Gasteiger partial charge is 0.404 e. The Balaban J connectivity index is 2.05. The lowest BCUT2D eigenvalue weighted by atomic mass is 10.3. The fourth-order valence-corrected chi connectivity index (χ4v) is 1.39. The maximum absolute atomic E-state index is 10.2. The predicted octanol–water partition coefficient (Wildman–Crippen LogP) is -0.499. The topological polar surface area (TPSA) is 55.8 Å². The van der Waals surface area contributed by atoms with Gasteiger partial charge in [0, 0.05) is 39.3 Å². The Morgan fingerprint density at radius 2 is 2.00 bits per heavy atom. The molecular weight excluding hydrogens is 170 g/mol. The first-order valence-corrected chi connectivity index (χ1v) is 4.56. The van der Waals surface area contributed by atoms with Crippen LogP contribution in [0.25, 0.3) is 0 Å². The van der Waals surface area contributed by atoms with E-state index in [1.54, 1.807) is 0 Å². The summed E-state index contributed by atoms with van der Waals surface area (Å²) in [7, 11) is 2.10. The van der Waals surface area contributed by atoms with Gasteiger partial charge in [0.2, 0.25) is 0 Å². The third kappa shape index (κ3) is 4.10. The van der Waals surface area contributed by atoms with Gasteiger partial charge < -0.3 is 15.3 Å². The molecule has 2 N–H and O–H groups in total. The first-order chi connectivity index (χ1) is 6.18. The number of piperazine rings is 1. The molecule has 0 spiro atoms. The maximum atomic E-state index is 10.2. The van der Waals surface area contributed by atoms with Crippen molar-refractivity contribution in [2.45, 2.75) is 0 Å². The van der Waals surface area contributed by atoms with E-state index in [4.69, 9.17) is 5.11 Å². The van der Waals surface area contributed by atoms with Crippen molar-refractivity contribution in [1.82, 2.24) is 15.1 Å². The summed E-state index contributed by atoms with van der Waals surface area (Å²) in [6.07, 6.45) is -0.936. The normalized spacial score (nSPS) is 20.1. The minimum absolute atomic E-state index is 0.527. The van der Waals surface area contributed by atoms with Crippen LogP contribution in [0.1, 0.15) is 0 Å². The summed E-state index contributed by atoms with van der Waals surface area (Å²) in [4.78, 5) is 14.7. The minimum Gasteiger partial charge on any atom is -0.465 e. The molecule has 13 heavy (non-hydrogen) atoms. The van der Waals surface area contributed by atoms with Gasteiger partial charge in [-0.15, -0.1) is 0 Å². The van der Waals surface area contributed by atoms with E-state index < -0.39 is 6.09 Å². The molecule has 0 aromatic carbocycles. The summed E-state index contributed by atoms with van der Waals surface area (Å²) in [6, 6.07) is 0. The number of carboxylic acid groups (broad SMARTS) is 1. The third-order valence-corrected chi connectivity index (χ3v) is 2.30. The van der Waals surface area contributed by atoms with Crippen LogP contribution in [-0.2, 0) is 0 Å². The average molecular weight is 187 g/mol. The van der Waals surface area contributed by atoms with Crippen molar-refractivity contribution in [3.8, 4) is 0 Å². The monoisotopic (exact) mass is 187 g/mol. The van der Waals surface area contributed by atoms with Crippen LogP contribution in [0.15, 0.2) is 0 Å². The molecule has 1 saturated heterocycles. The highest BCUT2D eigenvalue weighted by Gasteiger charge is 2.12. The van der Waals surface area contributed by atoms with Gasteiger partial charge in [0.15, 0.2) is 0 Å². The second-order valence-corrected chi connectivity index (χ2v) is 3.38. The van der Waals surface area contributed by atoms with Gasteiger partial charge in [0.25, 0.3) is 0 Å². The molecule has 1 heterocycles. The van der Waals surface area contributed by atoms with Crippen molar-refractivity contribution in [3.63, 3.8) is 0 Å².